The molecule has 0 saturated carbocycles. The summed E-state index contributed by atoms with van der Waals surface area (Å²) in [6.45, 7) is 3.28. The fourth-order valence-corrected chi connectivity index (χ4v) is 3.51. The molecule has 2 aliphatic rings. The van der Waals surface area contributed by atoms with Gasteiger partial charge in [0.25, 0.3) is 0 Å². The Morgan fingerprint density at radius 3 is 3.04 bits per heavy atom. The Labute approximate surface area is 132 Å². The van der Waals surface area contributed by atoms with Gasteiger partial charge >= 0.3 is 0 Å². The summed E-state index contributed by atoms with van der Waals surface area (Å²) < 4.78 is 13.6. The highest BCUT2D eigenvalue weighted by Crippen LogP contribution is 2.42. The van der Waals surface area contributed by atoms with Crippen molar-refractivity contribution in [1.82, 2.24) is 10.2 Å². The second-order valence-corrected chi connectivity index (χ2v) is 6.42. The number of rotatable bonds is 1. The number of hydrogen-bond acceptors (Lipinski definition) is 6. The number of aromatic hydroxyl groups is 1. The minimum absolute atomic E-state index is 0.198. The molecule has 1 aromatic heterocycles. The van der Waals surface area contributed by atoms with Crippen molar-refractivity contribution in [3.63, 3.8) is 0 Å². The summed E-state index contributed by atoms with van der Waals surface area (Å²) in [5.41, 5.74) is 1.31. The van der Waals surface area contributed by atoms with E-state index < -0.39 is 17.7 Å². The average molecular weight is 316 g/mol. The molecule has 2 aromatic rings. The fraction of sp³-hybridized carbons (Fsp3) is 0.375. The third-order valence-electron chi connectivity index (χ3n) is 4.68. The standard InChI is InChI=1S/C16H17FN4O2/c1-16-6-9(22)7-21(16)13-5-12(19-20-15(13)18-8-16)10-3-2-4-11(17)14(10)23/h2-5,9,22-23H,6-8H2,1H3,(H,18,20)/t9-,16+/m1/s1. The molecule has 1 saturated heterocycles. The van der Waals surface area contributed by atoms with Crippen LogP contribution in [0.3, 0.4) is 0 Å². The van der Waals surface area contributed by atoms with Crippen LogP contribution in [0.1, 0.15) is 13.3 Å². The highest BCUT2D eigenvalue weighted by Gasteiger charge is 2.45. The fourth-order valence-electron chi connectivity index (χ4n) is 3.51. The molecule has 0 radical (unpaired) electrons. The molecule has 2 aliphatic heterocycles. The Balaban J connectivity index is 1.82. The Hall–Kier alpha value is -2.41. The second kappa shape index (κ2) is 4.79. The zero-order valence-electron chi connectivity index (χ0n) is 12.6. The highest BCUT2D eigenvalue weighted by atomic mass is 19.1. The number of aliphatic hydroxyl groups excluding tert-OH is 1. The van der Waals surface area contributed by atoms with Crippen LogP contribution in [0.4, 0.5) is 15.9 Å². The van der Waals surface area contributed by atoms with Gasteiger partial charge in [-0.1, -0.05) is 6.07 Å². The highest BCUT2D eigenvalue weighted by molar-refractivity contribution is 5.77. The lowest BCUT2D eigenvalue weighted by Gasteiger charge is -2.41. The van der Waals surface area contributed by atoms with Crippen molar-refractivity contribution in [3.05, 3.63) is 30.1 Å². The third kappa shape index (κ3) is 2.11. The molecule has 0 amide bonds. The van der Waals surface area contributed by atoms with Gasteiger partial charge in [-0.15, -0.1) is 10.2 Å². The largest absolute Gasteiger partial charge is 0.504 e. The topological polar surface area (TPSA) is 81.5 Å². The Bertz CT molecular complexity index is 785. The van der Waals surface area contributed by atoms with Gasteiger partial charge in [0.15, 0.2) is 17.4 Å². The summed E-state index contributed by atoms with van der Waals surface area (Å²) in [5.74, 6) is -0.493. The van der Waals surface area contributed by atoms with Crippen molar-refractivity contribution in [1.29, 1.82) is 0 Å². The van der Waals surface area contributed by atoms with Crippen LogP contribution < -0.4 is 10.2 Å². The van der Waals surface area contributed by atoms with Crippen LogP contribution in [0.15, 0.2) is 24.3 Å². The molecular weight excluding hydrogens is 299 g/mol. The molecule has 4 rings (SSSR count). The van der Waals surface area contributed by atoms with E-state index in [1.54, 1.807) is 12.1 Å². The number of fused-ring (bicyclic) bond motifs is 3. The number of para-hydroxylation sites is 1. The smallest absolute Gasteiger partial charge is 0.172 e. The van der Waals surface area contributed by atoms with Crippen LogP contribution in [-0.2, 0) is 0 Å². The van der Waals surface area contributed by atoms with Gasteiger partial charge in [0.05, 0.1) is 23.0 Å². The first kappa shape index (κ1) is 14.2. The zero-order valence-corrected chi connectivity index (χ0v) is 12.6. The molecule has 7 heteroatoms. The van der Waals surface area contributed by atoms with Crippen LogP contribution in [0.5, 0.6) is 5.75 Å². The SMILES string of the molecule is C[C@]12CNc3nnc(-c4cccc(F)c4O)cc3N1C[C@H](O)C2. The predicted molar refractivity (Wildman–Crippen MR) is 84.0 cm³/mol. The van der Waals surface area contributed by atoms with Gasteiger partial charge in [0.1, 0.15) is 0 Å². The first-order chi connectivity index (χ1) is 11.0. The number of aliphatic hydroxyl groups is 1. The van der Waals surface area contributed by atoms with Crippen molar-refractivity contribution in [3.8, 4) is 17.0 Å². The predicted octanol–water partition coefficient (Wildman–Crippen LogP) is 1.74. The van der Waals surface area contributed by atoms with E-state index in [1.807, 2.05) is 0 Å². The lowest BCUT2D eigenvalue weighted by Crippen LogP contribution is -2.50. The molecule has 3 heterocycles. The van der Waals surface area contributed by atoms with E-state index in [0.717, 1.165) is 5.69 Å². The summed E-state index contributed by atoms with van der Waals surface area (Å²) >= 11 is 0. The molecule has 1 fully saturated rings. The summed E-state index contributed by atoms with van der Waals surface area (Å²) in [6, 6.07) is 6.09. The lowest BCUT2D eigenvalue weighted by molar-refractivity contribution is 0.187. The van der Waals surface area contributed by atoms with Gasteiger partial charge in [-0.05, 0) is 31.5 Å². The molecule has 0 unspecified atom stereocenters. The molecule has 2 atom stereocenters. The lowest BCUT2D eigenvalue weighted by atomic mass is 9.95. The van der Waals surface area contributed by atoms with Crippen LogP contribution in [0, 0.1) is 5.82 Å². The number of nitrogens with one attached hydrogen (secondary N) is 1. The maximum absolute atomic E-state index is 13.6. The third-order valence-corrected chi connectivity index (χ3v) is 4.68. The molecule has 23 heavy (non-hydrogen) atoms. The van der Waals surface area contributed by atoms with Crippen LogP contribution in [-0.4, -0.2) is 45.1 Å². The number of aromatic nitrogens is 2. The van der Waals surface area contributed by atoms with Crippen LogP contribution >= 0.6 is 0 Å². The van der Waals surface area contributed by atoms with Crippen LogP contribution in [0.25, 0.3) is 11.3 Å². The van der Waals surface area contributed by atoms with Crippen molar-refractivity contribution < 1.29 is 14.6 Å². The number of β-amino-alcohol motifs (C(OH)–C–C–N with tert-alkyl or cyclic N) is 1. The Kier molecular flexibility index (Phi) is 2.96. The minimum Gasteiger partial charge on any atom is -0.504 e. The van der Waals surface area contributed by atoms with Gasteiger partial charge in [-0.2, -0.15) is 0 Å². The van der Waals surface area contributed by atoms with E-state index in [4.69, 9.17) is 0 Å². The molecule has 0 spiro atoms. The summed E-state index contributed by atoms with van der Waals surface area (Å²) in [5, 5.41) is 31.4. The van der Waals surface area contributed by atoms with E-state index in [-0.39, 0.29) is 5.54 Å². The Morgan fingerprint density at radius 1 is 1.39 bits per heavy atom. The molecular formula is C16H17FN4O2. The van der Waals surface area contributed by atoms with Gasteiger partial charge in [-0.3, -0.25) is 0 Å². The molecule has 0 aliphatic carbocycles. The molecule has 0 bridgehead atoms. The van der Waals surface area contributed by atoms with Crippen LogP contribution in [0.2, 0.25) is 0 Å². The summed E-state index contributed by atoms with van der Waals surface area (Å²) in [4.78, 5) is 2.11. The van der Waals surface area contributed by atoms with Gasteiger partial charge in [0.2, 0.25) is 0 Å². The number of hydrogen-bond donors (Lipinski definition) is 3. The molecule has 120 valence electrons. The van der Waals surface area contributed by atoms with E-state index in [0.29, 0.717) is 36.6 Å². The minimum atomic E-state index is -0.693. The number of nitrogens with zero attached hydrogens (tertiary/aromatic N) is 3. The van der Waals surface area contributed by atoms with Gasteiger partial charge < -0.3 is 20.4 Å². The van der Waals surface area contributed by atoms with E-state index >= 15 is 0 Å². The number of halogens is 1. The van der Waals surface area contributed by atoms with E-state index in [9.17, 15) is 14.6 Å². The second-order valence-electron chi connectivity index (χ2n) is 6.42. The normalized spacial score (nSPS) is 25.7. The van der Waals surface area contributed by atoms with Crippen molar-refractivity contribution >= 4 is 11.5 Å². The molecule has 3 N–H and O–H groups in total. The maximum Gasteiger partial charge on any atom is 0.172 e. The molecule has 1 aromatic carbocycles. The van der Waals surface area contributed by atoms with E-state index in [1.165, 1.54) is 12.1 Å². The number of phenolic OH excluding ortho intramolecular Hbond substituents is 1. The monoisotopic (exact) mass is 316 g/mol. The average Bonchev–Trinajstić information content (AvgIpc) is 2.84. The van der Waals surface area contributed by atoms with Crippen molar-refractivity contribution in [2.75, 3.05) is 23.3 Å². The number of phenols is 1. The van der Waals surface area contributed by atoms with Gasteiger partial charge in [0, 0.05) is 18.7 Å². The number of anilines is 2. The quantitative estimate of drug-likeness (QED) is 0.743. The zero-order chi connectivity index (χ0) is 16.2. The summed E-state index contributed by atoms with van der Waals surface area (Å²) in [6.07, 6.45) is 0.273. The maximum atomic E-state index is 13.6. The first-order valence-corrected chi connectivity index (χ1v) is 7.53. The van der Waals surface area contributed by atoms with Gasteiger partial charge in [-0.25, -0.2) is 4.39 Å². The first-order valence-electron chi connectivity index (χ1n) is 7.53. The summed E-state index contributed by atoms with van der Waals surface area (Å²) in [7, 11) is 0. The number of benzene rings is 1. The molecule has 6 nitrogen and oxygen atoms in total. The van der Waals surface area contributed by atoms with Crippen molar-refractivity contribution in [2.24, 2.45) is 0 Å². The van der Waals surface area contributed by atoms with Crippen molar-refractivity contribution in [2.45, 2.75) is 25.0 Å². The Morgan fingerprint density at radius 2 is 2.22 bits per heavy atom. The van der Waals surface area contributed by atoms with E-state index in [2.05, 4.69) is 27.3 Å².